The second kappa shape index (κ2) is 11.1. The molecule has 1 aromatic heterocycles. The van der Waals surface area contributed by atoms with Crippen LogP contribution in [0.1, 0.15) is 10.6 Å². The molecule has 0 saturated heterocycles. The van der Waals surface area contributed by atoms with Crippen molar-refractivity contribution >= 4 is 28.9 Å². The zero-order valence-corrected chi connectivity index (χ0v) is 20.8. The lowest BCUT2D eigenvalue weighted by Gasteiger charge is -2.10. The highest BCUT2D eigenvalue weighted by atomic mass is 35.5. The van der Waals surface area contributed by atoms with Crippen molar-refractivity contribution in [2.45, 2.75) is 19.9 Å². The molecule has 0 amide bonds. The number of carbonyl (C=O) groups is 1. The average Bonchev–Trinajstić information content (AvgIpc) is 3.26. The predicted molar refractivity (Wildman–Crippen MR) is 133 cm³/mol. The Morgan fingerprint density at radius 3 is 2.38 bits per heavy atom. The summed E-state index contributed by atoms with van der Waals surface area (Å²) in [6.45, 7) is 1.45. The minimum absolute atomic E-state index is 0.127. The van der Waals surface area contributed by atoms with Crippen molar-refractivity contribution in [1.82, 2.24) is 4.98 Å². The van der Waals surface area contributed by atoms with Gasteiger partial charge in [-0.3, -0.25) is 0 Å². The molecule has 4 rings (SSSR count). The lowest BCUT2D eigenvalue weighted by atomic mass is 10.1. The van der Waals surface area contributed by atoms with Crippen LogP contribution >= 0.6 is 22.9 Å². The van der Waals surface area contributed by atoms with Gasteiger partial charge in [0.1, 0.15) is 28.9 Å². The van der Waals surface area contributed by atoms with Crippen LogP contribution < -0.4 is 14.2 Å². The van der Waals surface area contributed by atoms with Crippen molar-refractivity contribution in [2.75, 3.05) is 6.61 Å². The molecule has 0 bridgehead atoms. The number of aromatic nitrogens is 1. The quantitative estimate of drug-likeness (QED) is 0.235. The molecular weight excluding hydrogens is 531 g/mol. The Morgan fingerprint density at radius 1 is 1.00 bits per heavy atom. The van der Waals surface area contributed by atoms with E-state index in [0.717, 1.165) is 10.4 Å². The number of hydrogen-bond donors (Lipinski definition) is 1. The first kappa shape index (κ1) is 26.3. The molecule has 0 atom stereocenters. The van der Waals surface area contributed by atoms with Crippen LogP contribution in [0.25, 0.3) is 21.7 Å². The van der Waals surface area contributed by atoms with Crippen LogP contribution in [0.2, 0.25) is 5.02 Å². The lowest BCUT2D eigenvalue weighted by Crippen LogP contribution is -2.16. The summed E-state index contributed by atoms with van der Waals surface area (Å²) < 4.78 is 52.7. The molecule has 6 nitrogen and oxygen atoms in total. The standard InChI is InChI=1S/C26H19ClF3NO5S/c1-15-11-20(9-10-21(15)35-14-23(32)33)34-13-22-31-24(25(37-22)17-3-2-4-18(27)12-17)16-5-7-19(8-6-16)36-26(28,29)30/h2-12H,13-14H2,1H3,(H,32,33). The lowest BCUT2D eigenvalue weighted by molar-refractivity contribution is -0.274. The predicted octanol–water partition coefficient (Wildman–Crippen LogP) is 7.38. The molecule has 3 aromatic carbocycles. The summed E-state index contributed by atoms with van der Waals surface area (Å²) in [5, 5.41) is 9.94. The highest BCUT2D eigenvalue weighted by Gasteiger charge is 2.31. The summed E-state index contributed by atoms with van der Waals surface area (Å²) in [5.74, 6) is -0.426. The van der Waals surface area contributed by atoms with E-state index in [4.69, 9.17) is 31.2 Å². The molecular formula is C26H19ClF3NO5S. The summed E-state index contributed by atoms with van der Waals surface area (Å²) in [6, 6.07) is 17.7. The largest absolute Gasteiger partial charge is 0.573 e. The molecule has 1 heterocycles. The number of benzene rings is 3. The molecule has 0 spiro atoms. The monoisotopic (exact) mass is 549 g/mol. The summed E-state index contributed by atoms with van der Waals surface area (Å²) in [6.07, 6.45) is -4.78. The first-order chi connectivity index (χ1) is 17.6. The second-order valence-corrected chi connectivity index (χ2v) is 9.29. The van der Waals surface area contributed by atoms with Gasteiger partial charge in [-0.15, -0.1) is 24.5 Å². The van der Waals surface area contributed by atoms with Crippen LogP contribution in [0, 0.1) is 6.92 Å². The minimum atomic E-state index is -4.78. The van der Waals surface area contributed by atoms with Gasteiger partial charge in [-0.25, -0.2) is 9.78 Å². The maximum atomic E-state index is 12.5. The number of alkyl halides is 3. The summed E-state index contributed by atoms with van der Waals surface area (Å²) >= 11 is 7.56. The third kappa shape index (κ3) is 7.14. The van der Waals surface area contributed by atoms with E-state index >= 15 is 0 Å². The van der Waals surface area contributed by atoms with Gasteiger partial charge < -0.3 is 19.3 Å². The van der Waals surface area contributed by atoms with Crippen LogP contribution in [0.4, 0.5) is 13.2 Å². The Bertz CT molecular complexity index is 1410. The Morgan fingerprint density at radius 2 is 1.73 bits per heavy atom. The van der Waals surface area contributed by atoms with E-state index in [1.54, 1.807) is 43.3 Å². The van der Waals surface area contributed by atoms with Crippen LogP contribution in [0.15, 0.2) is 66.7 Å². The number of nitrogens with zero attached hydrogens (tertiary/aromatic N) is 1. The number of aliphatic carboxylic acids is 1. The molecule has 4 aromatic rings. The first-order valence-corrected chi connectivity index (χ1v) is 12.0. The number of aryl methyl sites for hydroxylation is 1. The summed E-state index contributed by atoms with van der Waals surface area (Å²) in [7, 11) is 0. The molecule has 0 radical (unpaired) electrons. The Kier molecular flexibility index (Phi) is 7.89. The number of carboxylic acids is 1. The Hall–Kier alpha value is -3.76. The minimum Gasteiger partial charge on any atom is -0.486 e. The molecule has 0 unspecified atom stereocenters. The van der Waals surface area contributed by atoms with Crippen molar-refractivity contribution in [3.05, 3.63) is 82.3 Å². The fourth-order valence-corrected chi connectivity index (χ4v) is 4.61. The smallest absolute Gasteiger partial charge is 0.486 e. The third-order valence-corrected chi connectivity index (χ3v) is 6.29. The zero-order chi connectivity index (χ0) is 26.6. The van der Waals surface area contributed by atoms with E-state index in [0.29, 0.717) is 38.4 Å². The molecule has 0 aliphatic rings. The molecule has 11 heteroatoms. The second-order valence-electron chi connectivity index (χ2n) is 7.77. The SMILES string of the molecule is Cc1cc(OCc2nc(-c3ccc(OC(F)(F)F)cc3)c(-c3cccc(Cl)c3)s2)ccc1OCC(=O)O. The van der Waals surface area contributed by atoms with Crippen LogP contribution in [-0.2, 0) is 11.4 Å². The van der Waals surface area contributed by atoms with Crippen molar-refractivity contribution in [3.63, 3.8) is 0 Å². The van der Waals surface area contributed by atoms with Gasteiger partial charge in [-0.05, 0) is 72.6 Å². The fraction of sp³-hybridized carbons (Fsp3) is 0.154. The van der Waals surface area contributed by atoms with Gasteiger partial charge in [-0.1, -0.05) is 23.7 Å². The van der Waals surface area contributed by atoms with Gasteiger partial charge in [0.25, 0.3) is 0 Å². The molecule has 0 saturated carbocycles. The van der Waals surface area contributed by atoms with Gasteiger partial charge in [0, 0.05) is 10.6 Å². The average molecular weight is 550 g/mol. The van der Waals surface area contributed by atoms with E-state index < -0.39 is 18.9 Å². The maximum Gasteiger partial charge on any atom is 0.573 e. The topological polar surface area (TPSA) is 77.9 Å². The number of thiazole rings is 1. The Labute approximate surface area is 218 Å². The van der Waals surface area contributed by atoms with Crippen molar-refractivity contribution in [2.24, 2.45) is 0 Å². The van der Waals surface area contributed by atoms with Gasteiger partial charge in [0.2, 0.25) is 0 Å². The molecule has 0 aliphatic carbocycles. The van der Waals surface area contributed by atoms with Crippen molar-refractivity contribution in [1.29, 1.82) is 0 Å². The van der Waals surface area contributed by atoms with Crippen molar-refractivity contribution < 1.29 is 37.3 Å². The van der Waals surface area contributed by atoms with Crippen molar-refractivity contribution in [3.8, 4) is 38.9 Å². The number of hydrogen-bond acceptors (Lipinski definition) is 6. The summed E-state index contributed by atoms with van der Waals surface area (Å²) in [4.78, 5) is 16.2. The van der Waals surface area contributed by atoms with E-state index in [9.17, 15) is 18.0 Å². The van der Waals surface area contributed by atoms with Gasteiger partial charge in [0.05, 0.1) is 10.6 Å². The van der Waals surface area contributed by atoms with E-state index in [1.807, 2.05) is 6.07 Å². The highest BCUT2D eigenvalue weighted by molar-refractivity contribution is 7.15. The molecule has 37 heavy (non-hydrogen) atoms. The van der Waals surface area contributed by atoms with Crippen LogP contribution in [0.3, 0.4) is 0 Å². The van der Waals surface area contributed by atoms with E-state index in [-0.39, 0.29) is 12.4 Å². The molecule has 0 aliphatic heterocycles. The number of carboxylic acid groups (broad SMARTS) is 1. The highest BCUT2D eigenvalue weighted by Crippen LogP contribution is 2.39. The third-order valence-electron chi connectivity index (χ3n) is 4.98. The molecule has 1 N–H and O–H groups in total. The summed E-state index contributed by atoms with van der Waals surface area (Å²) in [5.41, 5.74) is 2.68. The van der Waals surface area contributed by atoms with Gasteiger partial charge >= 0.3 is 12.3 Å². The maximum absolute atomic E-state index is 12.5. The molecule has 0 fully saturated rings. The van der Waals surface area contributed by atoms with E-state index in [1.165, 1.54) is 35.6 Å². The van der Waals surface area contributed by atoms with E-state index in [2.05, 4.69) is 4.74 Å². The number of halogens is 4. The van der Waals surface area contributed by atoms with Crippen LogP contribution in [-0.4, -0.2) is 29.0 Å². The molecule has 192 valence electrons. The number of ether oxygens (including phenoxy) is 3. The van der Waals surface area contributed by atoms with Gasteiger partial charge in [0.15, 0.2) is 6.61 Å². The number of rotatable bonds is 9. The first-order valence-electron chi connectivity index (χ1n) is 10.8. The Balaban J connectivity index is 1.58. The zero-order valence-electron chi connectivity index (χ0n) is 19.2. The van der Waals surface area contributed by atoms with Gasteiger partial charge in [-0.2, -0.15) is 0 Å². The fourth-order valence-electron chi connectivity index (χ4n) is 3.42. The normalized spacial score (nSPS) is 11.3. The van der Waals surface area contributed by atoms with Crippen LogP contribution in [0.5, 0.6) is 17.2 Å².